The smallest absolute Gasteiger partial charge is 0.102 e. The Balaban J connectivity index is 2.78. The van der Waals surface area contributed by atoms with Crippen LogP contribution in [-0.2, 0) is 0 Å². The van der Waals surface area contributed by atoms with Crippen molar-refractivity contribution in [2.75, 3.05) is 0 Å². The average molecular weight is 236 g/mol. The number of allylic oxidation sites excluding steroid dienone is 3. The molecule has 0 saturated carbocycles. The van der Waals surface area contributed by atoms with Gasteiger partial charge in [-0.05, 0) is 25.2 Å². The molecule has 1 aliphatic carbocycles. The molecule has 0 aromatic heterocycles. The van der Waals surface area contributed by atoms with Crippen LogP contribution in [0.25, 0.3) is 0 Å². The lowest BCUT2D eigenvalue weighted by atomic mass is 9.68. The molecule has 0 aliphatic heterocycles. The second kappa shape index (κ2) is 5.65. The summed E-state index contributed by atoms with van der Waals surface area (Å²) in [5.41, 5.74) is 1.56. The van der Waals surface area contributed by atoms with Crippen molar-refractivity contribution >= 4 is 0 Å². The van der Waals surface area contributed by atoms with Gasteiger partial charge in [-0.15, -0.1) is 6.58 Å². The Bertz CT molecular complexity index is 326. The molecule has 0 aromatic rings. The van der Waals surface area contributed by atoms with Gasteiger partial charge in [-0.3, -0.25) is 0 Å². The highest BCUT2D eigenvalue weighted by atomic mass is 16.3. The lowest BCUT2D eigenvalue weighted by molar-refractivity contribution is 0.0803. The van der Waals surface area contributed by atoms with E-state index in [9.17, 15) is 10.2 Å². The van der Waals surface area contributed by atoms with Gasteiger partial charge >= 0.3 is 0 Å². The van der Waals surface area contributed by atoms with Crippen molar-refractivity contribution in [1.82, 2.24) is 0 Å². The minimum absolute atomic E-state index is 0.216. The summed E-state index contributed by atoms with van der Waals surface area (Å²) >= 11 is 0. The fourth-order valence-electron chi connectivity index (χ4n) is 2.46. The number of rotatable bonds is 4. The summed E-state index contributed by atoms with van der Waals surface area (Å²) in [5.74, 6) is 0.336. The van der Waals surface area contributed by atoms with E-state index in [0.29, 0.717) is 5.92 Å². The predicted octanol–water partition coefficient (Wildman–Crippen LogP) is 2.83. The standard InChI is InChI=1S/C15H24O2/c1-5-13(16)14(17)9-8-12-11(2)7-6-10-15(12,3)4/h5,7-9,12-14,16-17H,1,6,10H2,2-4H3/b9-8+. The predicted molar refractivity (Wildman–Crippen MR) is 71.6 cm³/mol. The van der Waals surface area contributed by atoms with Crippen LogP contribution < -0.4 is 0 Å². The largest absolute Gasteiger partial charge is 0.386 e. The van der Waals surface area contributed by atoms with Gasteiger partial charge in [-0.2, -0.15) is 0 Å². The highest BCUT2D eigenvalue weighted by Gasteiger charge is 2.30. The van der Waals surface area contributed by atoms with Gasteiger partial charge in [0.05, 0.1) is 0 Å². The lowest BCUT2D eigenvalue weighted by Crippen LogP contribution is -2.27. The van der Waals surface area contributed by atoms with Crippen molar-refractivity contribution < 1.29 is 10.2 Å². The summed E-state index contributed by atoms with van der Waals surface area (Å²) in [6.07, 6.45) is 7.84. The third-order valence-electron chi connectivity index (χ3n) is 3.68. The lowest BCUT2D eigenvalue weighted by Gasteiger charge is -2.36. The maximum atomic E-state index is 9.68. The zero-order chi connectivity index (χ0) is 13.1. The molecule has 0 amide bonds. The fourth-order valence-corrected chi connectivity index (χ4v) is 2.46. The van der Waals surface area contributed by atoms with E-state index in [1.807, 2.05) is 6.08 Å². The normalized spacial score (nSPS) is 27.6. The molecule has 3 unspecified atom stereocenters. The van der Waals surface area contributed by atoms with Gasteiger partial charge in [0, 0.05) is 5.92 Å². The Morgan fingerprint density at radius 3 is 2.59 bits per heavy atom. The Morgan fingerprint density at radius 1 is 1.41 bits per heavy atom. The molecule has 0 heterocycles. The zero-order valence-corrected chi connectivity index (χ0v) is 11.1. The molecule has 2 nitrogen and oxygen atoms in total. The molecule has 0 radical (unpaired) electrons. The van der Waals surface area contributed by atoms with Crippen LogP contribution in [0.5, 0.6) is 0 Å². The summed E-state index contributed by atoms with van der Waals surface area (Å²) < 4.78 is 0. The molecule has 96 valence electrons. The van der Waals surface area contributed by atoms with Crippen LogP contribution in [0, 0.1) is 11.3 Å². The van der Waals surface area contributed by atoms with E-state index >= 15 is 0 Å². The Hall–Kier alpha value is -0.860. The molecule has 17 heavy (non-hydrogen) atoms. The minimum atomic E-state index is -0.887. The van der Waals surface area contributed by atoms with Gasteiger partial charge in [-0.25, -0.2) is 0 Å². The molecule has 0 aromatic carbocycles. The maximum Gasteiger partial charge on any atom is 0.102 e. The summed E-state index contributed by atoms with van der Waals surface area (Å²) in [6, 6.07) is 0. The van der Waals surface area contributed by atoms with Gasteiger partial charge in [-0.1, -0.05) is 43.7 Å². The minimum Gasteiger partial charge on any atom is -0.386 e. The number of hydrogen-bond acceptors (Lipinski definition) is 2. The fraction of sp³-hybridized carbons (Fsp3) is 0.600. The van der Waals surface area contributed by atoms with Gasteiger partial charge in [0.2, 0.25) is 0 Å². The molecule has 0 fully saturated rings. The molecule has 1 aliphatic rings. The van der Waals surface area contributed by atoms with Crippen molar-refractivity contribution in [3.63, 3.8) is 0 Å². The maximum absolute atomic E-state index is 9.68. The number of aliphatic hydroxyl groups excluding tert-OH is 2. The summed E-state index contributed by atoms with van der Waals surface area (Å²) in [7, 11) is 0. The number of aliphatic hydroxyl groups is 2. The van der Waals surface area contributed by atoms with E-state index in [1.165, 1.54) is 11.6 Å². The molecule has 1 rings (SSSR count). The van der Waals surface area contributed by atoms with E-state index in [-0.39, 0.29) is 5.41 Å². The first-order chi connectivity index (χ1) is 7.88. The SMILES string of the molecule is C=CC(O)C(O)/C=C/C1C(C)=CCCC1(C)C. The van der Waals surface area contributed by atoms with Gasteiger partial charge < -0.3 is 10.2 Å². The Morgan fingerprint density at radius 2 is 2.06 bits per heavy atom. The summed E-state index contributed by atoms with van der Waals surface area (Å²) in [5, 5.41) is 19.1. The Labute approximate surface area is 104 Å². The van der Waals surface area contributed by atoms with E-state index in [1.54, 1.807) is 6.08 Å². The van der Waals surface area contributed by atoms with Gasteiger partial charge in [0.1, 0.15) is 12.2 Å². The highest BCUT2D eigenvalue weighted by Crippen LogP contribution is 2.41. The highest BCUT2D eigenvalue weighted by molar-refractivity contribution is 5.19. The van der Waals surface area contributed by atoms with Crippen molar-refractivity contribution in [2.24, 2.45) is 11.3 Å². The van der Waals surface area contributed by atoms with Crippen LogP contribution in [-0.4, -0.2) is 22.4 Å². The first-order valence-corrected chi connectivity index (χ1v) is 6.22. The molecule has 0 spiro atoms. The van der Waals surface area contributed by atoms with Crippen molar-refractivity contribution in [2.45, 2.75) is 45.8 Å². The van der Waals surface area contributed by atoms with Crippen molar-refractivity contribution in [3.8, 4) is 0 Å². The zero-order valence-electron chi connectivity index (χ0n) is 11.1. The molecule has 2 heteroatoms. The van der Waals surface area contributed by atoms with Crippen LogP contribution in [0.3, 0.4) is 0 Å². The van der Waals surface area contributed by atoms with E-state index in [2.05, 4.69) is 33.4 Å². The molecule has 2 N–H and O–H groups in total. The first-order valence-electron chi connectivity index (χ1n) is 6.22. The van der Waals surface area contributed by atoms with Gasteiger partial charge in [0.15, 0.2) is 0 Å². The van der Waals surface area contributed by atoms with Crippen molar-refractivity contribution in [3.05, 3.63) is 36.5 Å². The quantitative estimate of drug-likeness (QED) is 0.737. The van der Waals surface area contributed by atoms with E-state index in [4.69, 9.17) is 0 Å². The van der Waals surface area contributed by atoms with Crippen LogP contribution in [0.1, 0.15) is 33.6 Å². The third-order valence-corrected chi connectivity index (χ3v) is 3.68. The molecule has 3 atom stereocenters. The topological polar surface area (TPSA) is 40.5 Å². The van der Waals surface area contributed by atoms with Crippen LogP contribution in [0.4, 0.5) is 0 Å². The molecule has 0 saturated heterocycles. The molecular weight excluding hydrogens is 212 g/mol. The first kappa shape index (κ1) is 14.2. The molecular formula is C15H24O2. The van der Waals surface area contributed by atoms with Crippen molar-refractivity contribution in [1.29, 1.82) is 0 Å². The van der Waals surface area contributed by atoms with E-state index in [0.717, 1.165) is 12.8 Å². The summed E-state index contributed by atoms with van der Waals surface area (Å²) in [4.78, 5) is 0. The third kappa shape index (κ3) is 3.55. The van der Waals surface area contributed by atoms with Gasteiger partial charge in [0.25, 0.3) is 0 Å². The van der Waals surface area contributed by atoms with E-state index < -0.39 is 12.2 Å². The van der Waals surface area contributed by atoms with Crippen LogP contribution >= 0.6 is 0 Å². The monoisotopic (exact) mass is 236 g/mol. The second-order valence-electron chi connectivity index (χ2n) is 5.55. The summed E-state index contributed by atoms with van der Waals surface area (Å²) in [6.45, 7) is 10.1. The Kier molecular flexibility index (Phi) is 4.72. The average Bonchev–Trinajstić information content (AvgIpc) is 2.26. The second-order valence-corrected chi connectivity index (χ2v) is 5.55. The molecule has 0 bridgehead atoms. The van der Waals surface area contributed by atoms with Crippen LogP contribution in [0.15, 0.2) is 36.5 Å². The number of hydrogen-bond donors (Lipinski definition) is 2. The van der Waals surface area contributed by atoms with Crippen LogP contribution in [0.2, 0.25) is 0 Å².